The summed E-state index contributed by atoms with van der Waals surface area (Å²) in [5, 5.41) is 5.20. The van der Waals surface area contributed by atoms with E-state index in [4.69, 9.17) is 5.84 Å². The van der Waals surface area contributed by atoms with Gasteiger partial charge in [-0.15, -0.1) is 0 Å². The van der Waals surface area contributed by atoms with Crippen molar-refractivity contribution < 1.29 is 0 Å². The van der Waals surface area contributed by atoms with Crippen LogP contribution in [0.15, 0.2) is 4.47 Å². The average Bonchev–Trinajstić information content (AvgIpc) is 2.69. The van der Waals surface area contributed by atoms with Crippen molar-refractivity contribution in [3.8, 4) is 0 Å². The highest BCUT2D eigenvalue weighted by Crippen LogP contribution is 2.23. The van der Waals surface area contributed by atoms with E-state index in [0.29, 0.717) is 5.25 Å². The molecular formula is C13H25BrN4S. The molecule has 0 aliphatic heterocycles. The summed E-state index contributed by atoms with van der Waals surface area (Å²) < 4.78 is 3.17. The van der Waals surface area contributed by atoms with E-state index in [9.17, 15) is 0 Å². The highest BCUT2D eigenvalue weighted by Gasteiger charge is 2.17. The zero-order valence-electron chi connectivity index (χ0n) is 12.2. The highest BCUT2D eigenvalue weighted by atomic mass is 79.9. The number of hydrogen-bond acceptors (Lipinski definition) is 4. The lowest BCUT2D eigenvalue weighted by Crippen LogP contribution is -2.39. The topological polar surface area (TPSA) is 55.9 Å². The summed E-state index contributed by atoms with van der Waals surface area (Å²) >= 11 is 5.60. The maximum absolute atomic E-state index is 5.69. The van der Waals surface area contributed by atoms with Crippen LogP contribution in [0.4, 0.5) is 0 Å². The molecule has 0 bridgehead atoms. The highest BCUT2D eigenvalue weighted by molar-refractivity contribution is 9.10. The minimum absolute atomic E-state index is 0.275. The number of thioether (sulfide) groups is 1. The molecule has 2 atom stereocenters. The van der Waals surface area contributed by atoms with E-state index < -0.39 is 0 Å². The number of rotatable bonds is 8. The molecule has 0 aliphatic carbocycles. The number of aryl methyl sites for hydroxylation is 2. The molecule has 4 nitrogen and oxygen atoms in total. The lowest BCUT2D eigenvalue weighted by Gasteiger charge is -2.18. The summed E-state index contributed by atoms with van der Waals surface area (Å²) in [7, 11) is 0. The van der Waals surface area contributed by atoms with Crippen LogP contribution in [0.3, 0.4) is 0 Å². The molecule has 0 saturated heterocycles. The Morgan fingerprint density at radius 3 is 2.68 bits per heavy atom. The van der Waals surface area contributed by atoms with Crippen LogP contribution in [-0.4, -0.2) is 26.8 Å². The number of nitrogens with two attached hydrogens (primary N) is 1. The molecule has 0 spiro atoms. The molecule has 1 heterocycles. The zero-order chi connectivity index (χ0) is 14.4. The molecular weight excluding hydrogens is 324 g/mol. The predicted octanol–water partition coefficient (Wildman–Crippen LogP) is 2.88. The van der Waals surface area contributed by atoms with Crippen LogP contribution < -0.4 is 11.3 Å². The van der Waals surface area contributed by atoms with Crippen molar-refractivity contribution in [1.82, 2.24) is 15.2 Å². The lowest BCUT2D eigenvalue weighted by atomic mass is 10.2. The van der Waals surface area contributed by atoms with E-state index in [2.05, 4.69) is 51.9 Å². The Morgan fingerprint density at radius 2 is 2.16 bits per heavy atom. The minimum Gasteiger partial charge on any atom is -0.271 e. The number of nitrogens with zero attached hydrogens (tertiary/aromatic N) is 2. The summed E-state index contributed by atoms with van der Waals surface area (Å²) in [6, 6.07) is 0.275. The number of aromatic nitrogens is 2. The van der Waals surface area contributed by atoms with E-state index in [0.717, 1.165) is 28.9 Å². The largest absolute Gasteiger partial charge is 0.271 e. The summed E-state index contributed by atoms with van der Waals surface area (Å²) in [6.07, 6.45) is 2.09. The van der Waals surface area contributed by atoms with E-state index in [1.807, 2.05) is 18.7 Å². The lowest BCUT2D eigenvalue weighted by molar-refractivity contribution is 0.533. The van der Waals surface area contributed by atoms with Crippen LogP contribution >= 0.6 is 27.7 Å². The Bertz CT molecular complexity index is 394. The molecule has 3 N–H and O–H groups in total. The molecule has 110 valence electrons. The SMILES string of the molecule is CCC(C)SCC(Cc1c(Br)c(C)nn1CC)NN. The maximum Gasteiger partial charge on any atom is 0.0738 e. The molecule has 0 radical (unpaired) electrons. The third-order valence-corrected chi connectivity index (χ3v) is 5.81. The Balaban J connectivity index is 2.70. The number of nitrogens with one attached hydrogen (secondary N) is 1. The van der Waals surface area contributed by atoms with Crippen LogP contribution in [-0.2, 0) is 13.0 Å². The summed E-state index contributed by atoms with van der Waals surface area (Å²) in [6.45, 7) is 9.50. The van der Waals surface area contributed by atoms with Crippen molar-refractivity contribution in [2.24, 2.45) is 5.84 Å². The fraction of sp³-hybridized carbons (Fsp3) is 0.769. The van der Waals surface area contributed by atoms with E-state index in [1.165, 1.54) is 12.1 Å². The van der Waals surface area contributed by atoms with Gasteiger partial charge in [-0.2, -0.15) is 16.9 Å². The van der Waals surface area contributed by atoms with E-state index >= 15 is 0 Å². The predicted molar refractivity (Wildman–Crippen MR) is 87.4 cm³/mol. The van der Waals surface area contributed by atoms with Gasteiger partial charge in [0.1, 0.15) is 0 Å². The smallest absolute Gasteiger partial charge is 0.0738 e. The van der Waals surface area contributed by atoms with Gasteiger partial charge in [0.15, 0.2) is 0 Å². The molecule has 0 amide bonds. The molecule has 1 aromatic heterocycles. The standard InChI is InChI=1S/C13H25BrN4S/c1-5-9(3)19-8-11(16-15)7-12-13(14)10(4)17-18(12)6-2/h9,11,16H,5-8,15H2,1-4H3. The van der Waals surface area contributed by atoms with Crippen molar-refractivity contribution in [2.75, 3.05) is 5.75 Å². The third-order valence-electron chi connectivity index (χ3n) is 3.29. The normalized spacial score (nSPS) is 14.6. The molecule has 0 saturated carbocycles. The van der Waals surface area contributed by atoms with Crippen LogP contribution in [0.2, 0.25) is 0 Å². The van der Waals surface area contributed by atoms with Crippen molar-refractivity contribution >= 4 is 27.7 Å². The molecule has 2 unspecified atom stereocenters. The molecule has 0 fully saturated rings. The van der Waals surface area contributed by atoms with Gasteiger partial charge in [-0.05, 0) is 36.2 Å². The number of halogens is 1. The first-order valence-electron chi connectivity index (χ1n) is 6.82. The fourth-order valence-electron chi connectivity index (χ4n) is 1.86. The molecule has 19 heavy (non-hydrogen) atoms. The third kappa shape index (κ3) is 4.77. The maximum atomic E-state index is 5.69. The van der Waals surface area contributed by atoms with E-state index in [-0.39, 0.29) is 6.04 Å². The monoisotopic (exact) mass is 348 g/mol. The van der Waals surface area contributed by atoms with Crippen molar-refractivity contribution in [1.29, 1.82) is 0 Å². The van der Waals surface area contributed by atoms with Crippen LogP contribution in [0.25, 0.3) is 0 Å². The summed E-state index contributed by atoms with van der Waals surface area (Å²) in [5.41, 5.74) is 5.21. The molecule has 1 rings (SSSR count). The van der Waals surface area contributed by atoms with Gasteiger partial charge in [-0.1, -0.05) is 13.8 Å². The summed E-state index contributed by atoms with van der Waals surface area (Å²) in [4.78, 5) is 0. The van der Waals surface area contributed by atoms with Gasteiger partial charge in [0, 0.05) is 30.0 Å². The molecule has 1 aromatic rings. The first-order chi connectivity index (χ1) is 9.03. The Morgan fingerprint density at radius 1 is 1.47 bits per heavy atom. The van der Waals surface area contributed by atoms with Crippen LogP contribution in [0.1, 0.15) is 38.6 Å². The molecule has 0 aromatic carbocycles. The van der Waals surface area contributed by atoms with Gasteiger partial charge in [0.2, 0.25) is 0 Å². The van der Waals surface area contributed by atoms with Crippen LogP contribution in [0, 0.1) is 6.92 Å². The van der Waals surface area contributed by atoms with Gasteiger partial charge in [0.05, 0.1) is 15.9 Å². The zero-order valence-corrected chi connectivity index (χ0v) is 14.6. The van der Waals surface area contributed by atoms with Crippen molar-refractivity contribution in [3.05, 3.63) is 15.9 Å². The average molecular weight is 349 g/mol. The number of hydrazine groups is 1. The summed E-state index contributed by atoms with van der Waals surface area (Å²) in [5.74, 6) is 6.71. The second kappa shape index (κ2) is 8.29. The first kappa shape index (κ1) is 17.0. The number of hydrogen-bond donors (Lipinski definition) is 2. The van der Waals surface area contributed by atoms with Gasteiger partial charge < -0.3 is 0 Å². The van der Waals surface area contributed by atoms with Crippen molar-refractivity contribution in [2.45, 2.75) is 58.4 Å². The van der Waals surface area contributed by atoms with Gasteiger partial charge >= 0.3 is 0 Å². The Labute approximate surface area is 129 Å². The fourth-order valence-corrected chi connectivity index (χ4v) is 3.32. The van der Waals surface area contributed by atoms with Gasteiger partial charge in [0.25, 0.3) is 0 Å². The second-order valence-corrected chi connectivity index (χ2v) is 7.05. The van der Waals surface area contributed by atoms with Crippen LogP contribution in [0.5, 0.6) is 0 Å². The van der Waals surface area contributed by atoms with Gasteiger partial charge in [-0.3, -0.25) is 16.0 Å². The molecule has 0 aliphatic rings. The first-order valence-corrected chi connectivity index (χ1v) is 8.67. The van der Waals surface area contributed by atoms with Crippen molar-refractivity contribution in [3.63, 3.8) is 0 Å². The van der Waals surface area contributed by atoms with Gasteiger partial charge in [-0.25, -0.2) is 0 Å². The Hall–Kier alpha value is -0.0400. The Kier molecular flexibility index (Phi) is 7.42. The second-order valence-electron chi connectivity index (χ2n) is 4.78. The van der Waals surface area contributed by atoms with E-state index in [1.54, 1.807) is 0 Å². The minimum atomic E-state index is 0.275. The quantitative estimate of drug-likeness (QED) is 0.560. The molecule has 6 heteroatoms.